The Morgan fingerprint density at radius 2 is 2.00 bits per heavy atom. The van der Waals surface area contributed by atoms with Gasteiger partial charge in [-0.3, -0.25) is 10.1 Å². The van der Waals surface area contributed by atoms with Crippen LogP contribution >= 0.6 is 11.6 Å². The predicted molar refractivity (Wildman–Crippen MR) is 75.2 cm³/mol. The van der Waals surface area contributed by atoms with E-state index in [1.54, 1.807) is 0 Å². The lowest BCUT2D eigenvalue weighted by Gasteiger charge is -2.28. The van der Waals surface area contributed by atoms with Gasteiger partial charge in [-0.25, -0.2) is 8.42 Å². The van der Waals surface area contributed by atoms with Gasteiger partial charge >= 0.3 is 0 Å². The third-order valence-electron chi connectivity index (χ3n) is 3.39. The molecule has 21 heavy (non-hydrogen) atoms. The molecule has 0 unspecified atom stereocenters. The molecule has 0 radical (unpaired) electrons. The van der Waals surface area contributed by atoms with Crippen molar-refractivity contribution < 1.29 is 13.3 Å². The summed E-state index contributed by atoms with van der Waals surface area (Å²) < 4.78 is 26.1. The van der Waals surface area contributed by atoms with E-state index in [0.717, 1.165) is 6.07 Å². The van der Waals surface area contributed by atoms with Crippen LogP contribution in [0.4, 0.5) is 5.69 Å². The van der Waals surface area contributed by atoms with Crippen molar-refractivity contribution in [2.45, 2.75) is 17.7 Å². The van der Waals surface area contributed by atoms with Gasteiger partial charge in [0.1, 0.15) is 5.02 Å². The van der Waals surface area contributed by atoms with Gasteiger partial charge in [-0.2, -0.15) is 9.57 Å². The molecule has 1 aliphatic heterocycles. The number of hydrogen-bond donors (Lipinski definition) is 0. The van der Waals surface area contributed by atoms with Gasteiger partial charge in [-0.05, 0) is 25.0 Å². The molecular weight excluding hydrogens is 318 g/mol. The van der Waals surface area contributed by atoms with E-state index in [0.29, 0.717) is 12.8 Å². The van der Waals surface area contributed by atoms with E-state index >= 15 is 0 Å². The SMILES string of the molecule is N#CC1CCN(S(=O)(=O)c2ccc(Cl)c([N+](=O)[O-])c2)CC1. The molecule has 9 heteroatoms. The minimum absolute atomic E-state index is 0.109. The van der Waals surface area contributed by atoms with Crippen molar-refractivity contribution in [1.29, 1.82) is 5.26 Å². The molecule has 1 fully saturated rings. The number of benzene rings is 1. The van der Waals surface area contributed by atoms with Crippen LogP contribution in [0.15, 0.2) is 23.1 Å². The smallest absolute Gasteiger partial charge is 0.258 e. The highest BCUT2D eigenvalue weighted by atomic mass is 35.5. The maximum atomic E-state index is 12.4. The van der Waals surface area contributed by atoms with Gasteiger partial charge in [0, 0.05) is 25.1 Å². The fraction of sp³-hybridized carbons (Fsp3) is 0.417. The van der Waals surface area contributed by atoms with E-state index in [1.807, 2.05) is 0 Å². The van der Waals surface area contributed by atoms with Crippen LogP contribution in [0.5, 0.6) is 0 Å². The number of hydrogen-bond acceptors (Lipinski definition) is 5. The second-order valence-corrected chi connectivity index (χ2v) is 7.02. The maximum Gasteiger partial charge on any atom is 0.289 e. The summed E-state index contributed by atoms with van der Waals surface area (Å²) in [7, 11) is -3.81. The largest absolute Gasteiger partial charge is 0.289 e. The molecule has 7 nitrogen and oxygen atoms in total. The molecule has 0 atom stereocenters. The van der Waals surface area contributed by atoms with Crippen LogP contribution in [0.3, 0.4) is 0 Å². The molecular formula is C12H12ClN3O4S. The highest BCUT2D eigenvalue weighted by molar-refractivity contribution is 7.89. The molecule has 0 saturated carbocycles. The lowest BCUT2D eigenvalue weighted by Crippen LogP contribution is -2.38. The van der Waals surface area contributed by atoms with E-state index in [9.17, 15) is 18.5 Å². The molecule has 1 saturated heterocycles. The van der Waals surface area contributed by atoms with Crippen molar-refractivity contribution >= 4 is 27.3 Å². The molecule has 2 rings (SSSR count). The third-order valence-corrected chi connectivity index (χ3v) is 5.60. The van der Waals surface area contributed by atoms with Crippen LogP contribution < -0.4 is 0 Å². The van der Waals surface area contributed by atoms with Crippen molar-refractivity contribution in [3.05, 3.63) is 33.3 Å². The van der Waals surface area contributed by atoms with Crippen molar-refractivity contribution in [3.8, 4) is 6.07 Å². The summed E-state index contributed by atoms with van der Waals surface area (Å²) in [6.07, 6.45) is 0.927. The van der Waals surface area contributed by atoms with Crippen LogP contribution in [-0.4, -0.2) is 30.7 Å². The Morgan fingerprint density at radius 3 is 2.52 bits per heavy atom. The number of sulfonamides is 1. The first-order chi connectivity index (χ1) is 9.86. The topological polar surface area (TPSA) is 104 Å². The molecule has 0 bridgehead atoms. The molecule has 0 N–H and O–H groups in total. The summed E-state index contributed by atoms with van der Waals surface area (Å²) in [4.78, 5) is 9.96. The first kappa shape index (κ1) is 15.7. The van der Waals surface area contributed by atoms with E-state index < -0.39 is 20.6 Å². The second kappa shape index (κ2) is 5.97. The van der Waals surface area contributed by atoms with Crippen LogP contribution in [-0.2, 0) is 10.0 Å². The summed E-state index contributed by atoms with van der Waals surface area (Å²) in [6.45, 7) is 0.466. The third kappa shape index (κ3) is 3.15. The van der Waals surface area contributed by atoms with E-state index in [2.05, 4.69) is 6.07 Å². The molecule has 112 valence electrons. The Balaban J connectivity index is 2.31. The van der Waals surface area contributed by atoms with Gasteiger partial charge in [0.15, 0.2) is 0 Å². The van der Waals surface area contributed by atoms with Crippen LogP contribution in [0, 0.1) is 27.4 Å². The highest BCUT2D eigenvalue weighted by Gasteiger charge is 2.30. The summed E-state index contributed by atoms with van der Waals surface area (Å²) in [5, 5.41) is 19.5. The highest BCUT2D eigenvalue weighted by Crippen LogP contribution is 2.30. The Labute approximate surface area is 126 Å². The van der Waals surface area contributed by atoms with Crippen LogP contribution in [0.25, 0.3) is 0 Å². The van der Waals surface area contributed by atoms with Gasteiger partial charge in [-0.1, -0.05) is 11.6 Å². The van der Waals surface area contributed by atoms with Gasteiger partial charge in [0.25, 0.3) is 5.69 Å². The molecule has 1 heterocycles. The van der Waals surface area contributed by atoms with Crippen molar-refractivity contribution in [2.75, 3.05) is 13.1 Å². The number of nitro groups is 1. The van der Waals surface area contributed by atoms with Crippen molar-refractivity contribution in [2.24, 2.45) is 5.92 Å². The molecule has 0 spiro atoms. The lowest BCUT2D eigenvalue weighted by atomic mass is 10.0. The van der Waals surface area contributed by atoms with Gasteiger partial charge in [0.2, 0.25) is 10.0 Å². The molecule has 1 aliphatic rings. The first-order valence-electron chi connectivity index (χ1n) is 6.20. The van der Waals surface area contributed by atoms with Crippen LogP contribution in [0.2, 0.25) is 5.02 Å². The van der Waals surface area contributed by atoms with E-state index in [1.165, 1.54) is 16.4 Å². The first-order valence-corrected chi connectivity index (χ1v) is 8.02. The fourth-order valence-electron chi connectivity index (χ4n) is 2.17. The summed E-state index contributed by atoms with van der Waals surface area (Å²) in [5.41, 5.74) is -0.440. The molecule has 0 aromatic heterocycles. The standard InChI is InChI=1S/C12H12ClN3O4S/c13-11-2-1-10(7-12(11)16(17)18)21(19,20)15-5-3-9(8-14)4-6-15/h1-2,7,9H,3-6H2. The molecule has 1 aromatic rings. The Morgan fingerprint density at radius 1 is 1.38 bits per heavy atom. The lowest BCUT2D eigenvalue weighted by molar-refractivity contribution is -0.384. The van der Waals surface area contributed by atoms with Crippen molar-refractivity contribution in [3.63, 3.8) is 0 Å². The second-order valence-electron chi connectivity index (χ2n) is 4.68. The van der Waals surface area contributed by atoms with Gasteiger partial charge in [-0.15, -0.1) is 0 Å². The number of halogens is 1. The number of piperidine rings is 1. The number of nitriles is 1. The Kier molecular flexibility index (Phi) is 4.46. The summed E-state index contributed by atoms with van der Waals surface area (Å²) in [6, 6.07) is 5.54. The Hall–Kier alpha value is -1.69. The monoisotopic (exact) mass is 329 g/mol. The predicted octanol–water partition coefficient (Wildman–Crippen LogP) is 2.17. The van der Waals surface area contributed by atoms with E-state index in [4.69, 9.17) is 16.9 Å². The maximum absolute atomic E-state index is 12.4. The number of nitrogens with zero attached hydrogens (tertiary/aromatic N) is 3. The van der Waals surface area contributed by atoms with E-state index in [-0.39, 0.29) is 28.9 Å². The molecule has 0 aliphatic carbocycles. The number of rotatable bonds is 3. The zero-order valence-electron chi connectivity index (χ0n) is 10.9. The van der Waals surface area contributed by atoms with Crippen LogP contribution in [0.1, 0.15) is 12.8 Å². The van der Waals surface area contributed by atoms with Crippen molar-refractivity contribution in [1.82, 2.24) is 4.31 Å². The normalized spacial score (nSPS) is 17.3. The number of nitro benzene ring substituents is 1. The summed E-state index contributed by atoms with van der Waals surface area (Å²) in [5.74, 6) is -0.143. The van der Waals surface area contributed by atoms with Gasteiger partial charge < -0.3 is 0 Å². The minimum Gasteiger partial charge on any atom is -0.258 e. The quantitative estimate of drug-likeness (QED) is 0.624. The van der Waals surface area contributed by atoms with Gasteiger partial charge in [0.05, 0.1) is 15.9 Å². The Bertz CT molecular complexity index is 706. The zero-order valence-corrected chi connectivity index (χ0v) is 12.5. The zero-order chi connectivity index (χ0) is 15.6. The average molecular weight is 330 g/mol. The minimum atomic E-state index is -3.81. The molecule has 0 amide bonds. The molecule has 1 aromatic carbocycles. The summed E-state index contributed by atoms with van der Waals surface area (Å²) >= 11 is 5.68. The average Bonchev–Trinajstić information content (AvgIpc) is 2.47. The fourth-order valence-corrected chi connectivity index (χ4v) is 3.84.